The smallest absolute Gasteiger partial charge is 0.484 e. The van der Waals surface area contributed by atoms with Crippen molar-refractivity contribution < 1.29 is 51.6 Å². The number of aromatic nitrogens is 2. The number of amides is 3. The fourth-order valence-electron chi connectivity index (χ4n) is 5.82. The number of nitrogens with one attached hydrogen (secondary N) is 1. The van der Waals surface area contributed by atoms with E-state index in [-0.39, 0.29) is 29.9 Å². The molecule has 1 aromatic heterocycles. The predicted octanol–water partition coefficient (Wildman–Crippen LogP) is 4.85. The summed E-state index contributed by atoms with van der Waals surface area (Å²) in [6.45, 7) is 3.55. The van der Waals surface area contributed by atoms with Gasteiger partial charge in [-0.25, -0.2) is 14.6 Å². The molecule has 3 amide bonds. The quantitative estimate of drug-likeness (QED) is 0.111. The summed E-state index contributed by atoms with van der Waals surface area (Å²) in [6.07, 6.45) is 4.56. The standard InChI is InChI=1S/C31H36N4O10S/c1-3-4-5-6-10-25(34-17-27(32-19-34)33-28(36)24-9-7-8-11-26(24)46(42,43)44)29(37)35(31(40)41)18-23(16-20(35)2)45-22-14-12-21(13-15-22)30(38)39/h7-9,11-15,17,19-20,23,25H,3-6,10,16,18H2,1-2H3,(H3-,33,36,38,39,40,41,42,43,44)/p+1/t20-,23-,25?,35-/m1/s1. The average Bonchev–Trinajstić information content (AvgIpc) is 3.60. The molecule has 4 atom stereocenters. The molecule has 0 saturated carbocycles. The summed E-state index contributed by atoms with van der Waals surface area (Å²) in [7, 11) is -4.69. The van der Waals surface area contributed by atoms with Crippen molar-refractivity contribution in [1.82, 2.24) is 9.55 Å². The second-order valence-corrected chi connectivity index (χ2v) is 12.7. The molecule has 2 aromatic carbocycles. The molecule has 46 heavy (non-hydrogen) atoms. The number of aromatic carboxylic acids is 1. The predicted molar refractivity (Wildman–Crippen MR) is 164 cm³/mol. The summed E-state index contributed by atoms with van der Waals surface area (Å²) in [5.41, 5.74) is -0.237. The molecule has 1 aliphatic heterocycles. The van der Waals surface area contributed by atoms with Gasteiger partial charge in [0.05, 0.1) is 17.5 Å². The third kappa shape index (κ3) is 7.43. The van der Waals surface area contributed by atoms with Gasteiger partial charge in [-0.3, -0.25) is 9.35 Å². The maximum Gasteiger partial charge on any atom is 0.521 e. The van der Waals surface area contributed by atoms with Gasteiger partial charge in [-0.2, -0.15) is 17.7 Å². The van der Waals surface area contributed by atoms with Crippen LogP contribution in [0.5, 0.6) is 5.75 Å². The lowest BCUT2D eigenvalue weighted by molar-refractivity contribution is -0.795. The van der Waals surface area contributed by atoms with E-state index in [2.05, 4.69) is 10.3 Å². The van der Waals surface area contributed by atoms with Crippen LogP contribution in [0.4, 0.5) is 10.6 Å². The molecule has 1 aliphatic rings. The third-order valence-electron chi connectivity index (χ3n) is 8.22. The van der Waals surface area contributed by atoms with E-state index in [0.717, 1.165) is 25.3 Å². The van der Waals surface area contributed by atoms with Crippen LogP contribution in [-0.2, 0) is 14.9 Å². The first kappa shape index (κ1) is 34.3. The van der Waals surface area contributed by atoms with Gasteiger partial charge >= 0.3 is 18.0 Å². The number of carboxylic acids is 1. The van der Waals surface area contributed by atoms with Crippen molar-refractivity contribution in [2.75, 3.05) is 11.9 Å². The first-order chi connectivity index (χ1) is 21.8. The van der Waals surface area contributed by atoms with Crippen LogP contribution in [0.25, 0.3) is 0 Å². The second-order valence-electron chi connectivity index (χ2n) is 11.3. The Balaban J connectivity index is 1.60. The molecule has 246 valence electrons. The van der Waals surface area contributed by atoms with Crippen LogP contribution in [-0.4, -0.2) is 79.8 Å². The molecular formula is C31H37N4O10S+. The number of likely N-dealkylation sites (tertiary alicyclic amines) is 1. The molecule has 0 aliphatic carbocycles. The van der Waals surface area contributed by atoms with E-state index in [4.69, 9.17) is 9.84 Å². The minimum absolute atomic E-state index is 0.0103. The maximum atomic E-state index is 14.3. The number of unbranched alkanes of at least 4 members (excludes halogenated alkanes) is 3. The number of imide groups is 1. The first-order valence-electron chi connectivity index (χ1n) is 14.8. The molecule has 14 nitrogen and oxygen atoms in total. The monoisotopic (exact) mass is 657 g/mol. The van der Waals surface area contributed by atoms with Crippen LogP contribution in [0.3, 0.4) is 0 Å². The Morgan fingerprint density at radius 2 is 1.76 bits per heavy atom. The summed E-state index contributed by atoms with van der Waals surface area (Å²) >= 11 is 0. The molecule has 1 fully saturated rings. The van der Waals surface area contributed by atoms with Gasteiger partial charge in [0.15, 0.2) is 11.9 Å². The zero-order valence-electron chi connectivity index (χ0n) is 25.4. The van der Waals surface area contributed by atoms with E-state index in [0.29, 0.717) is 18.6 Å². The molecule has 15 heteroatoms. The molecule has 2 heterocycles. The SMILES string of the molecule is CCCCCCC(C(=O)[N@@+]1(C(=O)O)C[C@H](Oc2ccc(C(=O)O)cc2)C[C@H]1C)n1cnc(NC(=O)c2ccccc2S(=O)(=O)O)c1. The number of ether oxygens (including phenoxy) is 1. The highest BCUT2D eigenvalue weighted by Gasteiger charge is 2.59. The lowest BCUT2D eigenvalue weighted by Crippen LogP contribution is -2.61. The van der Waals surface area contributed by atoms with Crippen LogP contribution in [0, 0.1) is 0 Å². The number of hydrogen-bond donors (Lipinski definition) is 4. The molecule has 1 saturated heterocycles. The van der Waals surface area contributed by atoms with Gasteiger partial charge in [0.25, 0.3) is 16.0 Å². The number of benzene rings is 2. The van der Waals surface area contributed by atoms with Crippen molar-refractivity contribution in [2.24, 2.45) is 0 Å². The summed E-state index contributed by atoms with van der Waals surface area (Å²) in [4.78, 5) is 55.0. The molecule has 3 aromatic rings. The molecule has 0 spiro atoms. The number of quaternary nitrogens is 1. The first-order valence-corrected chi connectivity index (χ1v) is 16.3. The van der Waals surface area contributed by atoms with Gasteiger partial charge in [0, 0.05) is 12.6 Å². The van der Waals surface area contributed by atoms with Crippen LogP contribution in [0.15, 0.2) is 66.0 Å². The minimum atomic E-state index is -4.69. The summed E-state index contributed by atoms with van der Waals surface area (Å²) < 4.78 is 39.6. The number of carbonyl (C=O) groups is 4. The van der Waals surface area contributed by atoms with Crippen LogP contribution < -0.4 is 10.1 Å². The Labute approximate surface area is 266 Å². The lowest BCUT2D eigenvalue weighted by atomic mass is 10.0. The zero-order chi connectivity index (χ0) is 33.6. The molecule has 4 N–H and O–H groups in total. The highest BCUT2D eigenvalue weighted by Crippen LogP contribution is 2.35. The Kier molecular flexibility index (Phi) is 10.6. The zero-order valence-corrected chi connectivity index (χ0v) is 26.2. The van der Waals surface area contributed by atoms with Gasteiger partial charge in [-0.1, -0.05) is 44.7 Å². The van der Waals surface area contributed by atoms with Crippen molar-refractivity contribution in [3.05, 3.63) is 72.2 Å². The largest absolute Gasteiger partial charge is 0.521 e. The highest BCUT2D eigenvalue weighted by molar-refractivity contribution is 7.86. The van der Waals surface area contributed by atoms with Gasteiger partial charge in [-0.15, -0.1) is 0 Å². The second kappa shape index (κ2) is 14.2. The van der Waals surface area contributed by atoms with Crippen molar-refractivity contribution in [2.45, 2.75) is 75.5 Å². The van der Waals surface area contributed by atoms with E-state index in [1.54, 1.807) is 6.92 Å². The number of carbonyl (C=O) groups excluding carboxylic acids is 2. The Morgan fingerprint density at radius 1 is 1.07 bits per heavy atom. The van der Waals surface area contributed by atoms with Crippen molar-refractivity contribution >= 4 is 39.8 Å². The fourth-order valence-corrected chi connectivity index (χ4v) is 6.51. The average molecular weight is 658 g/mol. The van der Waals surface area contributed by atoms with E-state index in [1.165, 1.54) is 59.6 Å². The Morgan fingerprint density at radius 3 is 2.39 bits per heavy atom. The summed E-state index contributed by atoms with van der Waals surface area (Å²) in [5.74, 6) is -2.20. The van der Waals surface area contributed by atoms with Gasteiger partial charge in [-0.05, 0) is 49.7 Å². The summed E-state index contributed by atoms with van der Waals surface area (Å²) in [5, 5.41) is 22.1. The Hall–Kier alpha value is -4.60. The van der Waals surface area contributed by atoms with E-state index in [1.807, 2.05) is 6.92 Å². The lowest BCUT2D eigenvalue weighted by Gasteiger charge is -2.33. The number of anilines is 1. The number of imidazole rings is 1. The van der Waals surface area contributed by atoms with Crippen LogP contribution in [0.2, 0.25) is 0 Å². The van der Waals surface area contributed by atoms with E-state index < -0.39 is 61.6 Å². The van der Waals surface area contributed by atoms with Gasteiger partial charge in [0.1, 0.15) is 29.3 Å². The number of carboxylic acid groups (broad SMARTS) is 2. The molecule has 4 rings (SSSR count). The topological polar surface area (TPSA) is 202 Å². The summed E-state index contributed by atoms with van der Waals surface area (Å²) in [6, 6.07) is 9.19. The van der Waals surface area contributed by atoms with Crippen LogP contribution >= 0.6 is 0 Å². The third-order valence-corrected chi connectivity index (χ3v) is 9.13. The highest BCUT2D eigenvalue weighted by atomic mass is 32.2. The van der Waals surface area contributed by atoms with Crippen LogP contribution in [0.1, 0.15) is 79.1 Å². The Bertz CT molecular complexity index is 1710. The van der Waals surface area contributed by atoms with Crippen molar-refractivity contribution in [3.63, 3.8) is 0 Å². The maximum absolute atomic E-state index is 14.3. The van der Waals surface area contributed by atoms with Gasteiger partial charge in [0.2, 0.25) is 0 Å². The molecular weight excluding hydrogens is 620 g/mol. The number of hydrogen-bond acceptors (Lipinski definition) is 8. The normalized spacial score (nSPS) is 20.2. The molecule has 1 unspecified atom stereocenters. The minimum Gasteiger partial charge on any atom is -0.484 e. The number of nitrogens with zero attached hydrogens (tertiary/aromatic N) is 3. The molecule has 0 bridgehead atoms. The van der Waals surface area contributed by atoms with Gasteiger partial charge < -0.3 is 24.8 Å². The van der Waals surface area contributed by atoms with Crippen molar-refractivity contribution in [3.8, 4) is 5.75 Å². The van der Waals surface area contributed by atoms with Crippen molar-refractivity contribution in [1.29, 1.82) is 0 Å². The van der Waals surface area contributed by atoms with E-state index in [9.17, 15) is 37.3 Å². The van der Waals surface area contributed by atoms with E-state index >= 15 is 0 Å². The fraction of sp³-hybridized carbons (Fsp3) is 0.387. The number of rotatable bonds is 13. The molecule has 0 radical (unpaired) electrons.